The van der Waals surface area contributed by atoms with E-state index in [1.165, 1.54) is 120 Å². The molecule has 9 rings (SSSR count). The summed E-state index contributed by atoms with van der Waals surface area (Å²) >= 11 is 46.4. The van der Waals surface area contributed by atoms with E-state index in [4.69, 9.17) is 52.1 Å². The van der Waals surface area contributed by atoms with Crippen molar-refractivity contribution in [3.05, 3.63) is 151 Å². The summed E-state index contributed by atoms with van der Waals surface area (Å²) in [5.74, 6) is -0.657. The zero-order valence-electron chi connectivity index (χ0n) is 67.7. The lowest BCUT2D eigenvalue weighted by Crippen LogP contribution is -2.17. The SMILES string of the molecule is C.C.C.C.C.C.C.CC(C)S.CC(C)S(=O)(=O)c1nn(C)cc1N.CC(C)S(=O)(=O)c1nn(C)cc1Nc1nc(Cl)ncc1C(F)(F)F.CC(C)S(=O)(=O)c1nn(C)cc1[N+](=O)[O-].CC(C)Sc1nn(C)cc1[N+](=O)[O-].CI.CS.CS.CS.CS.CS.Cn1cc([N+](=O)[O-])c(Cl)n1.Cn1cc([N+](=O)[O-])cn1.FC(F)(F)c1cnc(Cl)nc1Cl.O=[N+]([O-])c1cn[nH]c1. The molecule has 0 saturated heterocycles. The van der Waals surface area contributed by atoms with Crippen LogP contribution in [0.4, 0.5) is 72.0 Å². The molecule has 0 aliphatic heterocycles. The van der Waals surface area contributed by atoms with Crippen LogP contribution in [0.3, 0.4) is 0 Å². The molecule has 0 aliphatic carbocycles. The third-order valence-corrected chi connectivity index (χ3v) is 19.6. The van der Waals surface area contributed by atoms with E-state index in [1.54, 1.807) is 73.3 Å². The fraction of sp³-hybridized carbons (Fsp3) is 0.554. The summed E-state index contributed by atoms with van der Waals surface area (Å²) in [6.07, 6.45) is 11.7. The van der Waals surface area contributed by atoms with Gasteiger partial charge in [-0.15, -0.1) is 0 Å². The summed E-state index contributed by atoms with van der Waals surface area (Å²) in [5.41, 5.74) is 2.77. The van der Waals surface area contributed by atoms with Gasteiger partial charge < -0.3 is 11.1 Å². The van der Waals surface area contributed by atoms with Crippen molar-refractivity contribution in [1.82, 2.24) is 88.8 Å². The summed E-state index contributed by atoms with van der Waals surface area (Å²) < 4.78 is 154. The van der Waals surface area contributed by atoms with Gasteiger partial charge in [0.2, 0.25) is 50.3 Å². The summed E-state index contributed by atoms with van der Waals surface area (Å²) in [7, 11) is -1.47. The van der Waals surface area contributed by atoms with Crippen LogP contribution in [-0.4, -0.2) is 201 Å². The van der Waals surface area contributed by atoms with Crippen molar-refractivity contribution < 1.29 is 76.2 Å². The number of thiol groups is 6. The predicted molar refractivity (Wildman–Crippen MR) is 527 cm³/mol. The largest absolute Gasteiger partial charge is 0.421 e. The van der Waals surface area contributed by atoms with E-state index in [-0.39, 0.29) is 107 Å². The third-order valence-electron chi connectivity index (χ3n) is 11.5. The topological polar surface area (TPSA) is 543 Å². The number of nitrogen functional groups attached to an aromatic ring is 1. The van der Waals surface area contributed by atoms with E-state index in [9.17, 15) is 102 Å². The van der Waals surface area contributed by atoms with Crippen molar-refractivity contribution in [3.8, 4) is 0 Å². The maximum atomic E-state index is 13.0. The fourth-order valence-electron chi connectivity index (χ4n) is 6.55. The lowest BCUT2D eigenvalue weighted by atomic mass is 10.3. The van der Waals surface area contributed by atoms with E-state index in [0.717, 1.165) is 17.1 Å². The minimum Gasteiger partial charge on any atom is -0.395 e. The Morgan fingerprint density at radius 3 is 1.12 bits per heavy atom. The predicted octanol–water partition coefficient (Wildman–Crippen LogP) is 19.3. The van der Waals surface area contributed by atoms with Gasteiger partial charge in [0.05, 0.1) is 57.9 Å². The van der Waals surface area contributed by atoms with Crippen molar-refractivity contribution in [2.75, 3.05) is 47.3 Å². The first-order valence-electron chi connectivity index (χ1n) is 31.9. The van der Waals surface area contributed by atoms with Gasteiger partial charge >= 0.3 is 40.8 Å². The van der Waals surface area contributed by atoms with Crippen LogP contribution in [0.15, 0.2) is 88.3 Å². The van der Waals surface area contributed by atoms with E-state index in [2.05, 4.69) is 164 Å². The second kappa shape index (κ2) is 73.6. The molecule has 738 valence electrons. The number of halogens is 11. The highest BCUT2D eigenvalue weighted by atomic mass is 127. The van der Waals surface area contributed by atoms with Gasteiger partial charge in [-0.25, -0.2) is 40.2 Å². The summed E-state index contributed by atoms with van der Waals surface area (Å²) in [6, 6.07) is 0. The molecule has 9 aromatic rings. The number of nitrogens with zero attached hydrogens (tertiary/aromatic N) is 22. The Hall–Kier alpha value is -7.00. The third kappa shape index (κ3) is 55.7. The number of anilines is 3. The number of nitrogens with two attached hydrogens (primary N) is 1. The molecule has 0 fully saturated rings. The average molecular weight is 2210 g/mol. The summed E-state index contributed by atoms with van der Waals surface area (Å²) in [6.45, 7) is 17.0. The molecular weight excluding hydrogens is 2090 g/mol. The monoisotopic (exact) mass is 2210 g/mol. The number of thioether (sulfide) groups is 1. The Morgan fingerprint density at radius 2 is 0.811 bits per heavy atom. The molecule has 0 bridgehead atoms. The molecule has 62 heteroatoms. The first-order valence-corrected chi connectivity index (χ1v) is 46.1. The van der Waals surface area contributed by atoms with Gasteiger partial charge in [-0.05, 0) is 106 Å². The number of alkyl halides is 7. The molecule has 0 spiro atoms. The van der Waals surface area contributed by atoms with Crippen LogP contribution in [0.25, 0.3) is 0 Å². The van der Waals surface area contributed by atoms with Crippen LogP contribution in [0.2, 0.25) is 20.9 Å². The maximum absolute atomic E-state index is 13.0. The molecule has 0 saturated carbocycles. The smallest absolute Gasteiger partial charge is 0.395 e. The van der Waals surface area contributed by atoms with Gasteiger partial charge in [-0.3, -0.25) is 83.8 Å². The van der Waals surface area contributed by atoms with E-state index < -0.39 is 120 Å². The first-order chi connectivity index (χ1) is 55.3. The van der Waals surface area contributed by atoms with E-state index in [0.29, 0.717) is 27.9 Å². The van der Waals surface area contributed by atoms with Crippen LogP contribution in [-0.2, 0) is 84.2 Å². The number of aromatic nitrogens is 18. The molecule has 9 aromatic heterocycles. The molecule has 4 N–H and O–H groups in total. The van der Waals surface area contributed by atoms with Gasteiger partial charge in [0.25, 0.3) is 5.03 Å². The Bertz CT molecular complexity index is 4900. The number of hydrogen-bond donors (Lipinski definition) is 9. The number of aromatic amines is 1. The van der Waals surface area contributed by atoms with Crippen LogP contribution in [0.1, 0.15) is 132 Å². The minimum absolute atomic E-state index is 0. The van der Waals surface area contributed by atoms with Crippen LogP contribution >= 0.6 is 157 Å². The fourth-order valence-corrected chi connectivity index (χ4v) is 11.5. The number of rotatable bonds is 15. The van der Waals surface area contributed by atoms with Crippen molar-refractivity contribution in [1.29, 1.82) is 0 Å². The van der Waals surface area contributed by atoms with Gasteiger partial charge in [-0.1, -0.05) is 137 Å². The molecule has 127 heavy (non-hydrogen) atoms. The number of sulfone groups is 3. The van der Waals surface area contributed by atoms with Gasteiger partial charge in [0.1, 0.15) is 59.3 Å². The molecule has 9 heterocycles. The van der Waals surface area contributed by atoms with Crippen molar-refractivity contribution in [3.63, 3.8) is 0 Å². The number of nitrogens with one attached hydrogen (secondary N) is 2. The Labute approximate surface area is 810 Å². The molecule has 0 amide bonds. The van der Waals surface area contributed by atoms with Crippen LogP contribution < -0.4 is 11.1 Å². The number of H-pyrrole nitrogens is 1. The summed E-state index contributed by atoms with van der Waals surface area (Å²) in [5, 5.41) is 78.4. The van der Waals surface area contributed by atoms with Crippen molar-refractivity contribution >= 4 is 232 Å². The normalized spacial score (nSPS) is 9.86. The first kappa shape index (κ1) is 148. The highest BCUT2D eigenvalue weighted by molar-refractivity contribution is 14.1. The average Bonchev–Trinajstić information content (AvgIpc) is 1.70. The number of aryl methyl sites for hydroxylation is 6. The van der Waals surface area contributed by atoms with Crippen LogP contribution in [0.5, 0.6) is 0 Å². The standard InChI is InChI=1S/C12H13ClF3N5O2S.C7H11N3O4S.C7H11N3O2S.C7H13N3O2S.C5HCl2F3N2.C4H4ClN3O2.C4H5N3O2.C3H3N3O2.C3H8S.CH3I.5CH4S.7CH4/c1-6(2)24(22,23)10-8(5-21(3)20-10)18-9-7(12(14,15)16)4-17-11(13)19-9;1-5(2)15(13,14)7-6(10(11)12)4-9(3)8-7;1-5(2)13-7-6(10(11)12)4-9(3)8-7;1-5(2)13(11,12)7-6(8)4-10(3)9-7;6-3-2(5(8,9)10)1-11-4(7)12-3;1-7-2-3(8(9)10)4(5)6-7;1-6-3-4(2-5-6)7(8)9;7-6(8)3-1-4-5-2-3;1-3(2)4;6*1-2;;;;;;;/h4-6H,1-3H3,(H,17,18,19);4-5H,1-3H3;4-5H,1-3H3;4-5H,8H2,1-3H3;1H;2H,1H3;2-3H,1H3;1-2H,(H,4,5);3-4H,1-2H3;1H3;5*2H,1H3;7*1H4. The Kier molecular flexibility index (Phi) is 86.1. The van der Waals surface area contributed by atoms with Gasteiger partial charge in [0, 0.05) is 72.3 Å². The quantitative estimate of drug-likeness (QED) is 0.00530. The molecule has 0 aromatic carbocycles. The molecule has 0 radical (unpaired) electrons. The van der Waals surface area contributed by atoms with E-state index in [1.807, 2.05) is 32.6 Å². The highest BCUT2D eigenvalue weighted by Crippen LogP contribution is 2.37. The minimum atomic E-state index is -4.74. The van der Waals surface area contributed by atoms with Gasteiger partial charge in [0.15, 0.2) is 10.1 Å². The second-order valence-electron chi connectivity index (χ2n) is 22.1. The van der Waals surface area contributed by atoms with Crippen molar-refractivity contribution in [2.45, 2.75) is 180 Å². The van der Waals surface area contributed by atoms with Crippen LogP contribution in [0, 0.1) is 50.6 Å². The lowest BCUT2D eigenvalue weighted by Gasteiger charge is -2.13. The number of nitro groups is 5. The highest BCUT2D eigenvalue weighted by Gasteiger charge is 2.38. The summed E-state index contributed by atoms with van der Waals surface area (Å²) in [4.78, 5) is 63.4. The molecule has 0 unspecified atom stereocenters. The second-order valence-corrected chi connectivity index (χ2v) is 33.3. The Balaban J connectivity index is -0.000000105. The Morgan fingerprint density at radius 1 is 0.465 bits per heavy atom. The molecule has 0 atom stereocenters. The zero-order chi connectivity index (χ0) is 95.8. The van der Waals surface area contributed by atoms with Crippen molar-refractivity contribution in [2.24, 2.45) is 42.3 Å². The number of hydrogen-bond acceptors (Lipinski definition) is 36. The van der Waals surface area contributed by atoms with Gasteiger partial charge in [-0.2, -0.15) is 143 Å². The molecular formula is C65H120Cl4F6IN25O16S10. The molecule has 0 aliphatic rings. The van der Waals surface area contributed by atoms with E-state index >= 15 is 0 Å². The zero-order valence-corrected chi connectivity index (χ0v) is 81.5. The maximum Gasteiger partial charge on any atom is 0.421 e. The molecule has 41 nitrogen and oxygen atoms in total. The lowest BCUT2D eigenvalue weighted by molar-refractivity contribution is -0.388.